The number of nitrogens with two attached hydrogens (primary N) is 1. The van der Waals surface area contributed by atoms with Gasteiger partial charge in [0.25, 0.3) is 0 Å². The van der Waals surface area contributed by atoms with Gasteiger partial charge in [0, 0.05) is 11.8 Å². The van der Waals surface area contributed by atoms with Crippen LogP contribution in [0.4, 0.5) is 0 Å². The van der Waals surface area contributed by atoms with Crippen LogP contribution in [0, 0.1) is 6.92 Å². The minimum Gasteiger partial charge on any atom is -0.481 e. The van der Waals surface area contributed by atoms with Crippen molar-refractivity contribution >= 4 is 0 Å². The molecule has 0 fully saturated rings. The standard InChI is InChI=1S/C8H12N2O2/c1-6-3-7(5-12-9)4-10-8(6)11-2/h3-4H,5,9H2,1-2H3. The highest BCUT2D eigenvalue weighted by molar-refractivity contribution is 5.27. The lowest BCUT2D eigenvalue weighted by Gasteiger charge is -2.04. The van der Waals surface area contributed by atoms with Crippen molar-refractivity contribution in [1.29, 1.82) is 0 Å². The van der Waals surface area contributed by atoms with Crippen LogP contribution in [0.5, 0.6) is 5.88 Å². The summed E-state index contributed by atoms with van der Waals surface area (Å²) < 4.78 is 4.99. The van der Waals surface area contributed by atoms with E-state index >= 15 is 0 Å². The summed E-state index contributed by atoms with van der Waals surface area (Å²) in [6.45, 7) is 2.30. The molecule has 0 aliphatic rings. The second kappa shape index (κ2) is 4.04. The Labute approximate surface area is 71.3 Å². The fourth-order valence-electron chi connectivity index (χ4n) is 1.01. The highest BCUT2D eigenvalue weighted by Crippen LogP contribution is 2.14. The molecule has 0 aliphatic carbocycles. The van der Waals surface area contributed by atoms with E-state index in [1.54, 1.807) is 13.3 Å². The Kier molecular flexibility index (Phi) is 3.01. The van der Waals surface area contributed by atoms with E-state index in [1.807, 2.05) is 13.0 Å². The van der Waals surface area contributed by atoms with Crippen molar-refractivity contribution in [2.24, 2.45) is 5.90 Å². The first kappa shape index (κ1) is 8.96. The van der Waals surface area contributed by atoms with Crippen molar-refractivity contribution in [3.05, 3.63) is 23.4 Å². The zero-order valence-electron chi connectivity index (χ0n) is 7.20. The van der Waals surface area contributed by atoms with Crippen LogP contribution in [0.2, 0.25) is 0 Å². The molecule has 1 aromatic rings. The first-order chi connectivity index (χ1) is 5.77. The van der Waals surface area contributed by atoms with E-state index in [2.05, 4.69) is 9.82 Å². The normalized spacial score (nSPS) is 9.92. The van der Waals surface area contributed by atoms with Crippen LogP contribution in [0.15, 0.2) is 12.3 Å². The number of methoxy groups -OCH3 is 1. The molecule has 0 atom stereocenters. The van der Waals surface area contributed by atoms with E-state index in [-0.39, 0.29) is 0 Å². The van der Waals surface area contributed by atoms with Crippen LogP contribution in [0.3, 0.4) is 0 Å². The van der Waals surface area contributed by atoms with Gasteiger partial charge in [-0.25, -0.2) is 10.9 Å². The van der Waals surface area contributed by atoms with Gasteiger partial charge in [-0.05, 0) is 18.6 Å². The van der Waals surface area contributed by atoms with Crippen LogP contribution in [-0.2, 0) is 11.4 Å². The molecule has 0 unspecified atom stereocenters. The lowest BCUT2D eigenvalue weighted by Crippen LogP contribution is -2.00. The topological polar surface area (TPSA) is 57.4 Å². The SMILES string of the molecule is COc1ncc(CON)cc1C. The first-order valence-electron chi connectivity index (χ1n) is 3.59. The molecule has 4 heteroatoms. The summed E-state index contributed by atoms with van der Waals surface area (Å²) in [4.78, 5) is 8.53. The Morgan fingerprint density at radius 2 is 2.33 bits per heavy atom. The summed E-state index contributed by atoms with van der Waals surface area (Å²) in [5.74, 6) is 5.56. The van der Waals surface area contributed by atoms with Crippen LogP contribution in [-0.4, -0.2) is 12.1 Å². The van der Waals surface area contributed by atoms with Crippen molar-refractivity contribution in [3.63, 3.8) is 0 Å². The summed E-state index contributed by atoms with van der Waals surface area (Å²) >= 11 is 0. The number of aromatic nitrogens is 1. The zero-order chi connectivity index (χ0) is 8.97. The van der Waals surface area contributed by atoms with E-state index < -0.39 is 0 Å². The maximum atomic E-state index is 4.99. The lowest BCUT2D eigenvalue weighted by molar-refractivity contribution is 0.123. The Bertz CT molecular complexity index is 263. The van der Waals surface area contributed by atoms with E-state index in [0.717, 1.165) is 11.1 Å². The van der Waals surface area contributed by atoms with Gasteiger partial charge in [0.2, 0.25) is 5.88 Å². The van der Waals surface area contributed by atoms with Gasteiger partial charge in [-0.15, -0.1) is 0 Å². The van der Waals surface area contributed by atoms with Crippen LogP contribution in [0.25, 0.3) is 0 Å². The zero-order valence-corrected chi connectivity index (χ0v) is 7.20. The number of nitrogens with zero attached hydrogens (tertiary/aromatic N) is 1. The number of hydrogen-bond acceptors (Lipinski definition) is 4. The molecule has 0 saturated heterocycles. The Morgan fingerprint density at radius 1 is 1.58 bits per heavy atom. The second-order valence-corrected chi connectivity index (χ2v) is 2.48. The first-order valence-corrected chi connectivity index (χ1v) is 3.59. The molecule has 4 nitrogen and oxygen atoms in total. The van der Waals surface area contributed by atoms with E-state index in [9.17, 15) is 0 Å². The smallest absolute Gasteiger partial charge is 0.215 e. The summed E-state index contributed by atoms with van der Waals surface area (Å²) in [5.41, 5.74) is 1.92. The molecule has 0 amide bonds. The minimum absolute atomic E-state index is 0.373. The van der Waals surface area contributed by atoms with Gasteiger partial charge in [0.1, 0.15) is 0 Å². The highest BCUT2D eigenvalue weighted by Gasteiger charge is 2.00. The van der Waals surface area contributed by atoms with Crippen molar-refractivity contribution in [2.45, 2.75) is 13.5 Å². The van der Waals surface area contributed by atoms with Gasteiger partial charge in [-0.1, -0.05) is 0 Å². The number of aryl methyl sites for hydroxylation is 1. The predicted octanol–water partition coefficient (Wildman–Crippen LogP) is 0.789. The number of ether oxygens (including phenoxy) is 1. The maximum absolute atomic E-state index is 4.99. The summed E-state index contributed by atoms with van der Waals surface area (Å²) in [7, 11) is 1.59. The van der Waals surface area contributed by atoms with E-state index in [4.69, 9.17) is 10.6 Å². The molecule has 1 aromatic heterocycles. The fourth-order valence-corrected chi connectivity index (χ4v) is 1.01. The number of hydrogen-bond donors (Lipinski definition) is 1. The van der Waals surface area contributed by atoms with Crippen molar-refractivity contribution in [2.75, 3.05) is 7.11 Å². The number of pyridine rings is 1. The number of rotatable bonds is 3. The second-order valence-electron chi connectivity index (χ2n) is 2.48. The molecular weight excluding hydrogens is 156 g/mol. The van der Waals surface area contributed by atoms with Crippen molar-refractivity contribution in [1.82, 2.24) is 4.98 Å². The molecule has 0 aliphatic heterocycles. The largest absolute Gasteiger partial charge is 0.481 e. The van der Waals surface area contributed by atoms with Crippen molar-refractivity contribution in [3.8, 4) is 5.88 Å². The van der Waals surface area contributed by atoms with Crippen LogP contribution >= 0.6 is 0 Å². The Morgan fingerprint density at radius 3 is 2.83 bits per heavy atom. The molecule has 0 radical (unpaired) electrons. The maximum Gasteiger partial charge on any atom is 0.215 e. The molecule has 66 valence electrons. The lowest BCUT2D eigenvalue weighted by atomic mass is 10.2. The molecule has 0 spiro atoms. The molecule has 2 N–H and O–H groups in total. The van der Waals surface area contributed by atoms with Gasteiger partial charge in [-0.2, -0.15) is 0 Å². The molecule has 0 bridgehead atoms. The third-order valence-electron chi connectivity index (χ3n) is 1.53. The summed E-state index contributed by atoms with van der Waals surface area (Å²) in [6.07, 6.45) is 1.68. The fraction of sp³-hybridized carbons (Fsp3) is 0.375. The molecule has 0 saturated carbocycles. The molecule has 0 aromatic carbocycles. The van der Waals surface area contributed by atoms with Crippen LogP contribution < -0.4 is 10.6 Å². The van der Waals surface area contributed by atoms with Gasteiger partial charge >= 0.3 is 0 Å². The van der Waals surface area contributed by atoms with Crippen molar-refractivity contribution < 1.29 is 9.57 Å². The van der Waals surface area contributed by atoms with Gasteiger partial charge in [0.15, 0.2) is 0 Å². The Hall–Kier alpha value is -1.13. The summed E-state index contributed by atoms with van der Waals surface area (Å²) in [5, 5.41) is 0. The molecule has 1 heterocycles. The predicted molar refractivity (Wildman–Crippen MR) is 44.5 cm³/mol. The quantitative estimate of drug-likeness (QED) is 0.678. The minimum atomic E-state index is 0.373. The van der Waals surface area contributed by atoms with Gasteiger partial charge in [0.05, 0.1) is 13.7 Å². The van der Waals surface area contributed by atoms with Gasteiger partial charge < -0.3 is 4.74 Å². The summed E-state index contributed by atoms with van der Waals surface area (Å²) in [6, 6.07) is 1.93. The van der Waals surface area contributed by atoms with E-state index in [1.165, 1.54) is 0 Å². The molecule has 12 heavy (non-hydrogen) atoms. The third kappa shape index (κ3) is 1.93. The van der Waals surface area contributed by atoms with Gasteiger partial charge in [-0.3, -0.25) is 4.84 Å². The molecule has 1 rings (SSSR count). The average Bonchev–Trinajstić information content (AvgIpc) is 2.05. The highest BCUT2D eigenvalue weighted by atomic mass is 16.6. The Balaban J connectivity index is 2.86. The monoisotopic (exact) mass is 168 g/mol. The van der Waals surface area contributed by atoms with Crippen LogP contribution in [0.1, 0.15) is 11.1 Å². The average molecular weight is 168 g/mol. The van der Waals surface area contributed by atoms with E-state index in [0.29, 0.717) is 12.5 Å². The third-order valence-corrected chi connectivity index (χ3v) is 1.53. The molecular formula is C8H12N2O2.